The van der Waals surface area contributed by atoms with E-state index in [0.717, 1.165) is 19.3 Å². The summed E-state index contributed by atoms with van der Waals surface area (Å²) in [5.74, 6) is -0.469. The van der Waals surface area contributed by atoms with Crippen LogP contribution in [0, 0.1) is 0 Å². The number of ether oxygens (including phenoxy) is 1. The summed E-state index contributed by atoms with van der Waals surface area (Å²) < 4.78 is 5.66. The Kier molecular flexibility index (Phi) is 10.8. The summed E-state index contributed by atoms with van der Waals surface area (Å²) in [7, 11) is 0. The number of nitrogens with zero attached hydrogens (tertiary/aromatic N) is 1. The van der Waals surface area contributed by atoms with Crippen LogP contribution < -0.4 is 16.9 Å². The molecule has 1 heterocycles. The summed E-state index contributed by atoms with van der Waals surface area (Å²) in [6.45, 7) is 3.49. The smallest absolute Gasteiger partial charge is 0.262 e. The molecule has 2 aromatic rings. The largest absolute Gasteiger partial charge is 0.378 e. The molecule has 2 aromatic carbocycles. The van der Waals surface area contributed by atoms with Gasteiger partial charge in [-0.3, -0.25) is 19.7 Å². The van der Waals surface area contributed by atoms with Crippen LogP contribution >= 0.6 is 0 Å². The zero-order valence-corrected chi connectivity index (χ0v) is 18.5. The minimum absolute atomic E-state index is 0.0345. The quantitative estimate of drug-likeness (QED) is 0.274. The van der Waals surface area contributed by atoms with Crippen LogP contribution in [-0.4, -0.2) is 60.3 Å². The second-order valence-corrected chi connectivity index (χ2v) is 7.89. The molecular weight excluding hydrogens is 408 g/mol. The molecule has 1 aliphatic heterocycles. The Morgan fingerprint density at radius 2 is 1.72 bits per heavy atom. The zero-order chi connectivity index (χ0) is 23.3. The Morgan fingerprint density at radius 1 is 1.16 bits per heavy atom. The monoisotopic (exact) mass is 442 g/mol. The van der Waals surface area contributed by atoms with E-state index in [1.165, 1.54) is 16.7 Å². The molecule has 3 atom stereocenters. The van der Waals surface area contributed by atoms with E-state index in [0.29, 0.717) is 19.8 Å². The third-order valence-electron chi connectivity index (χ3n) is 5.55. The van der Waals surface area contributed by atoms with E-state index in [4.69, 9.17) is 20.5 Å². The first kappa shape index (κ1) is 25.5. The lowest BCUT2D eigenvalue weighted by molar-refractivity contribution is -0.139. The predicted octanol–water partition coefficient (Wildman–Crippen LogP) is 1.04. The predicted molar refractivity (Wildman–Crippen MR) is 123 cm³/mol. The molecule has 174 valence electrons. The maximum atomic E-state index is 12.2. The van der Waals surface area contributed by atoms with Crippen molar-refractivity contribution < 1.29 is 19.5 Å². The molecule has 0 aromatic heterocycles. The number of carbonyl (C=O) groups is 2. The van der Waals surface area contributed by atoms with Crippen molar-refractivity contribution in [1.29, 1.82) is 0 Å². The molecule has 0 spiro atoms. The van der Waals surface area contributed by atoms with Crippen LogP contribution in [0.25, 0.3) is 0 Å². The van der Waals surface area contributed by atoms with Gasteiger partial charge >= 0.3 is 0 Å². The van der Waals surface area contributed by atoms with Gasteiger partial charge in [0.1, 0.15) is 6.04 Å². The van der Waals surface area contributed by atoms with Crippen molar-refractivity contribution in [3.05, 3.63) is 71.3 Å². The lowest BCUT2D eigenvalue weighted by Gasteiger charge is -2.41. The van der Waals surface area contributed by atoms with E-state index in [1.807, 2.05) is 6.07 Å². The van der Waals surface area contributed by atoms with Crippen molar-refractivity contribution in [2.75, 3.05) is 19.8 Å². The molecule has 0 bridgehead atoms. The van der Waals surface area contributed by atoms with E-state index in [9.17, 15) is 4.79 Å². The van der Waals surface area contributed by atoms with Gasteiger partial charge in [-0.05, 0) is 42.9 Å². The molecule has 1 saturated heterocycles. The van der Waals surface area contributed by atoms with Gasteiger partial charge in [0.05, 0.1) is 13.2 Å². The Hall–Kier alpha value is -2.78. The van der Waals surface area contributed by atoms with Gasteiger partial charge in [0.25, 0.3) is 5.91 Å². The zero-order valence-electron chi connectivity index (χ0n) is 18.5. The fourth-order valence-electron chi connectivity index (χ4n) is 4.02. The summed E-state index contributed by atoms with van der Waals surface area (Å²) in [6.07, 6.45) is 3.05. The normalized spacial score (nSPS) is 18.0. The van der Waals surface area contributed by atoms with E-state index in [-0.39, 0.29) is 12.5 Å². The van der Waals surface area contributed by atoms with Crippen molar-refractivity contribution in [3.63, 3.8) is 0 Å². The molecule has 1 fully saturated rings. The number of carbonyl (C=O) groups excluding carboxylic acids is 2. The van der Waals surface area contributed by atoms with Gasteiger partial charge in [-0.1, -0.05) is 54.6 Å². The standard InChI is InChI=1S/C23H31N3O3.CH3NO/c1-17(24)22(23(27)25-28)26-13-14-29-16-21(26)15-20-11-9-19(10-12-20)8-7-18-5-3-2-4-6-18;2-1-3/h2-6,9-12,17,21-22,28H,7-8,13-16,24H2,1H3,(H,25,27);1H,(H2,2,3)/t17-,21?,22+;/m1./s1. The molecule has 1 aliphatic rings. The van der Waals surface area contributed by atoms with Crippen LogP contribution in [0.15, 0.2) is 54.6 Å². The Labute approximate surface area is 189 Å². The number of nitrogens with one attached hydrogen (secondary N) is 1. The molecule has 0 radical (unpaired) electrons. The average molecular weight is 443 g/mol. The summed E-state index contributed by atoms with van der Waals surface area (Å²) in [5.41, 5.74) is 15.8. The van der Waals surface area contributed by atoms with Crippen molar-refractivity contribution in [2.24, 2.45) is 11.5 Å². The molecule has 3 rings (SSSR count). The molecule has 0 aliphatic carbocycles. The second kappa shape index (κ2) is 13.6. The topological polar surface area (TPSA) is 131 Å². The number of primary amides is 1. The number of amides is 2. The second-order valence-electron chi connectivity index (χ2n) is 7.89. The fourth-order valence-corrected chi connectivity index (χ4v) is 4.02. The number of hydroxylamine groups is 1. The first-order valence-corrected chi connectivity index (χ1v) is 10.8. The number of hydrogen-bond donors (Lipinski definition) is 4. The third kappa shape index (κ3) is 7.72. The van der Waals surface area contributed by atoms with Crippen LogP contribution in [0.5, 0.6) is 0 Å². The average Bonchev–Trinajstić information content (AvgIpc) is 2.81. The molecule has 6 N–H and O–H groups in total. The van der Waals surface area contributed by atoms with Gasteiger partial charge in [0, 0.05) is 18.6 Å². The fraction of sp³-hybridized carbons (Fsp3) is 0.417. The van der Waals surface area contributed by atoms with Crippen LogP contribution in [0.2, 0.25) is 0 Å². The minimum Gasteiger partial charge on any atom is -0.378 e. The Morgan fingerprint density at radius 3 is 2.28 bits per heavy atom. The molecular formula is C24H34N4O4. The Bertz CT molecular complexity index is 815. The third-order valence-corrected chi connectivity index (χ3v) is 5.55. The van der Waals surface area contributed by atoms with Gasteiger partial charge in [-0.15, -0.1) is 0 Å². The van der Waals surface area contributed by atoms with Crippen LogP contribution in [0.4, 0.5) is 0 Å². The van der Waals surface area contributed by atoms with Gasteiger partial charge in [0.15, 0.2) is 0 Å². The first-order valence-electron chi connectivity index (χ1n) is 10.8. The lowest BCUT2D eigenvalue weighted by atomic mass is 9.97. The van der Waals surface area contributed by atoms with Crippen molar-refractivity contribution in [2.45, 2.75) is 44.3 Å². The number of rotatable bonds is 8. The number of nitrogens with two attached hydrogens (primary N) is 2. The molecule has 8 heteroatoms. The van der Waals surface area contributed by atoms with Crippen LogP contribution in [-0.2, 0) is 33.6 Å². The molecule has 32 heavy (non-hydrogen) atoms. The summed E-state index contributed by atoms with van der Waals surface area (Å²) in [5, 5.41) is 9.11. The number of aryl methyl sites for hydroxylation is 2. The number of morpholine rings is 1. The summed E-state index contributed by atoms with van der Waals surface area (Å²) in [6, 6.07) is 18.2. The number of hydrogen-bond acceptors (Lipinski definition) is 6. The minimum atomic E-state index is -0.584. The van der Waals surface area contributed by atoms with Crippen molar-refractivity contribution in [1.82, 2.24) is 10.4 Å². The highest BCUT2D eigenvalue weighted by Gasteiger charge is 2.36. The van der Waals surface area contributed by atoms with Gasteiger partial charge in [0.2, 0.25) is 6.41 Å². The SMILES string of the molecule is C[C@@H](N)[C@@H](C(=O)NO)N1CCOCC1Cc1ccc(CCc2ccccc2)cc1.NC=O. The molecule has 2 amide bonds. The maximum absolute atomic E-state index is 12.2. The van der Waals surface area contributed by atoms with Gasteiger partial charge in [-0.2, -0.15) is 0 Å². The highest BCUT2D eigenvalue weighted by atomic mass is 16.5. The van der Waals surface area contributed by atoms with E-state index in [2.05, 4.69) is 59.2 Å². The highest BCUT2D eigenvalue weighted by Crippen LogP contribution is 2.19. The summed E-state index contributed by atoms with van der Waals surface area (Å²) >= 11 is 0. The molecule has 8 nitrogen and oxygen atoms in total. The molecule has 0 saturated carbocycles. The first-order chi connectivity index (χ1) is 15.5. The maximum Gasteiger partial charge on any atom is 0.262 e. The van der Waals surface area contributed by atoms with E-state index >= 15 is 0 Å². The van der Waals surface area contributed by atoms with E-state index < -0.39 is 18.0 Å². The summed E-state index contributed by atoms with van der Waals surface area (Å²) in [4.78, 5) is 22.8. The van der Waals surface area contributed by atoms with Gasteiger partial charge in [-0.25, -0.2) is 5.48 Å². The van der Waals surface area contributed by atoms with Crippen LogP contribution in [0.3, 0.4) is 0 Å². The lowest BCUT2D eigenvalue weighted by Crippen LogP contribution is -2.61. The Balaban J connectivity index is 0.00000114. The van der Waals surface area contributed by atoms with Crippen molar-refractivity contribution >= 4 is 12.3 Å². The van der Waals surface area contributed by atoms with Gasteiger partial charge < -0.3 is 16.2 Å². The van der Waals surface area contributed by atoms with Crippen LogP contribution in [0.1, 0.15) is 23.6 Å². The van der Waals surface area contributed by atoms with Crippen molar-refractivity contribution in [3.8, 4) is 0 Å². The van der Waals surface area contributed by atoms with E-state index in [1.54, 1.807) is 12.4 Å². The number of benzene rings is 2. The highest BCUT2D eigenvalue weighted by molar-refractivity contribution is 5.81. The molecule has 1 unspecified atom stereocenters.